The van der Waals surface area contributed by atoms with Crippen molar-refractivity contribution in [2.75, 3.05) is 7.11 Å². The Morgan fingerprint density at radius 3 is 2.15 bits per heavy atom. The number of carbonyl (C=O) groups is 3. The van der Waals surface area contributed by atoms with E-state index in [1.54, 1.807) is 25.3 Å². The first-order valence-corrected chi connectivity index (χ1v) is 9.38. The molecular weight excluding hydrogens is 328 g/mol. The molecular formula is C22H34O4. The van der Waals surface area contributed by atoms with E-state index in [1.165, 1.54) is 26.2 Å². The van der Waals surface area contributed by atoms with E-state index in [-0.39, 0.29) is 11.6 Å². The maximum atomic E-state index is 12.6. The first-order chi connectivity index (χ1) is 12.2. The Balaban J connectivity index is 0.00000194. The van der Waals surface area contributed by atoms with Gasteiger partial charge in [-0.2, -0.15) is 0 Å². The predicted octanol–water partition coefficient (Wildman–Crippen LogP) is 5.67. The standard InChI is InChI=1S/C20H30O3.C2H4O/c1-6-7-8-9-10-11-17(21)15-12-13-18(23-5)16(14-15)19(22)20(2,3)4;1-2-3/h12-14H,6-11H2,1-5H3;2H,1H3. The minimum absolute atomic E-state index is 0.00746. The van der Waals surface area contributed by atoms with Gasteiger partial charge in [-0.05, 0) is 31.5 Å². The van der Waals surface area contributed by atoms with Crippen molar-refractivity contribution in [2.24, 2.45) is 5.41 Å². The highest BCUT2D eigenvalue weighted by Gasteiger charge is 2.26. The van der Waals surface area contributed by atoms with Gasteiger partial charge in [-0.25, -0.2) is 0 Å². The molecule has 0 amide bonds. The molecule has 0 aliphatic carbocycles. The Kier molecular flexibility index (Phi) is 11.5. The average molecular weight is 363 g/mol. The van der Waals surface area contributed by atoms with Crippen molar-refractivity contribution in [2.45, 2.75) is 73.1 Å². The summed E-state index contributed by atoms with van der Waals surface area (Å²) in [4.78, 5) is 33.7. The Bertz CT molecular complexity index is 582. The number of hydrogen-bond donors (Lipinski definition) is 0. The maximum absolute atomic E-state index is 12.6. The van der Waals surface area contributed by atoms with Crippen LogP contribution in [0.2, 0.25) is 0 Å². The SMILES string of the molecule is CC=O.CCCCCCCC(=O)c1ccc(OC)c(C(=O)C(C)(C)C)c1. The highest BCUT2D eigenvalue weighted by molar-refractivity contribution is 6.05. The van der Waals surface area contributed by atoms with E-state index >= 15 is 0 Å². The molecule has 4 nitrogen and oxygen atoms in total. The summed E-state index contributed by atoms with van der Waals surface area (Å²) in [6.07, 6.45) is 6.89. The monoisotopic (exact) mass is 362 g/mol. The average Bonchev–Trinajstić information content (AvgIpc) is 2.60. The summed E-state index contributed by atoms with van der Waals surface area (Å²) >= 11 is 0. The van der Waals surface area contributed by atoms with Gasteiger partial charge in [-0.1, -0.05) is 53.4 Å². The van der Waals surface area contributed by atoms with Crippen molar-refractivity contribution < 1.29 is 19.1 Å². The summed E-state index contributed by atoms with van der Waals surface area (Å²) in [7, 11) is 1.55. The Morgan fingerprint density at radius 1 is 1.08 bits per heavy atom. The van der Waals surface area contributed by atoms with Gasteiger partial charge in [0, 0.05) is 17.4 Å². The molecule has 26 heavy (non-hydrogen) atoms. The van der Waals surface area contributed by atoms with Crippen LogP contribution in [0.15, 0.2) is 18.2 Å². The van der Waals surface area contributed by atoms with E-state index in [0.717, 1.165) is 19.1 Å². The van der Waals surface area contributed by atoms with Crippen LogP contribution in [-0.4, -0.2) is 25.0 Å². The van der Waals surface area contributed by atoms with Crippen molar-refractivity contribution in [3.63, 3.8) is 0 Å². The smallest absolute Gasteiger partial charge is 0.171 e. The lowest BCUT2D eigenvalue weighted by Crippen LogP contribution is -2.21. The number of methoxy groups -OCH3 is 1. The van der Waals surface area contributed by atoms with E-state index in [0.29, 0.717) is 23.3 Å². The van der Waals surface area contributed by atoms with Crippen LogP contribution in [0.4, 0.5) is 0 Å². The van der Waals surface area contributed by atoms with Gasteiger partial charge in [0.25, 0.3) is 0 Å². The molecule has 0 N–H and O–H groups in total. The number of ether oxygens (including phenoxy) is 1. The summed E-state index contributed by atoms with van der Waals surface area (Å²) in [6.45, 7) is 9.24. The minimum atomic E-state index is -0.505. The molecule has 0 radical (unpaired) electrons. The molecule has 1 aromatic rings. The molecule has 0 saturated heterocycles. The molecule has 1 aromatic carbocycles. The van der Waals surface area contributed by atoms with Crippen LogP contribution in [-0.2, 0) is 4.79 Å². The number of aldehydes is 1. The number of hydrogen-bond acceptors (Lipinski definition) is 4. The quantitative estimate of drug-likeness (QED) is 0.322. The molecule has 0 heterocycles. The van der Waals surface area contributed by atoms with E-state index in [1.807, 2.05) is 20.8 Å². The largest absolute Gasteiger partial charge is 0.496 e. The third kappa shape index (κ3) is 8.41. The Morgan fingerprint density at radius 2 is 1.65 bits per heavy atom. The molecule has 0 unspecified atom stereocenters. The van der Waals surface area contributed by atoms with Gasteiger partial charge in [-0.3, -0.25) is 9.59 Å². The van der Waals surface area contributed by atoms with E-state index in [2.05, 4.69) is 6.92 Å². The van der Waals surface area contributed by atoms with Crippen molar-refractivity contribution in [3.8, 4) is 5.75 Å². The Labute approximate surface area is 158 Å². The van der Waals surface area contributed by atoms with Crippen molar-refractivity contribution in [3.05, 3.63) is 29.3 Å². The molecule has 0 fully saturated rings. The first kappa shape index (κ1) is 24.0. The van der Waals surface area contributed by atoms with E-state index < -0.39 is 5.41 Å². The molecule has 0 saturated carbocycles. The van der Waals surface area contributed by atoms with Crippen LogP contribution in [0.25, 0.3) is 0 Å². The van der Waals surface area contributed by atoms with Crippen LogP contribution >= 0.6 is 0 Å². The van der Waals surface area contributed by atoms with Crippen LogP contribution in [0.1, 0.15) is 93.9 Å². The van der Waals surface area contributed by atoms with E-state index in [4.69, 9.17) is 9.53 Å². The first-order valence-electron chi connectivity index (χ1n) is 9.38. The van der Waals surface area contributed by atoms with Gasteiger partial charge in [0.15, 0.2) is 11.6 Å². The highest BCUT2D eigenvalue weighted by Crippen LogP contribution is 2.28. The second-order valence-corrected chi connectivity index (χ2v) is 7.32. The lowest BCUT2D eigenvalue weighted by atomic mass is 9.85. The van der Waals surface area contributed by atoms with Gasteiger partial charge in [0.2, 0.25) is 0 Å². The lowest BCUT2D eigenvalue weighted by Gasteiger charge is -2.19. The fraction of sp³-hybridized carbons (Fsp3) is 0.591. The molecule has 0 spiro atoms. The van der Waals surface area contributed by atoms with Crippen molar-refractivity contribution in [1.29, 1.82) is 0 Å². The van der Waals surface area contributed by atoms with E-state index in [9.17, 15) is 9.59 Å². The summed E-state index contributed by atoms with van der Waals surface area (Å²) in [5.74, 6) is 0.628. The van der Waals surface area contributed by atoms with Crippen LogP contribution in [0, 0.1) is 5.41 Å². The predicted molar refractivity (Wildman–Crippen MR) is 106 cm³/mol. The zero-order valence-electron chi connectivity index (χ0n) is 17.2. The molecule has 0 bridgehead atoms. The molecule has 0 aromatic heterocycles. The topological polar surface area (TPSA) is 60.4 Å². The maximum Gasteiger partial charge on any atom is 0.171 e. The lowest BCUT2D eigenvalue weighted by molar-refractivity contribution is -0.106. The van der Waals surface area contributed by atoms with Crippen LogP contribution in [0.3, 0.4) is 0 Å². The van der Waals surface area contributed by atoms with Gasteiger partial charge in [0.1, 0.15) is 12.0 Å². The summed E-state index contributed by atoms with van der Waals surface area (Å²) in [5, 5.41) is 0. The number of ketones is 2. The third-order valence-electron chi connectivity index (χ3n) is 3.95. The highest BCUT2D eigenvalue weighted by atomic mass is 16.5. The zero-order valence-corrected chi connectivity index (χ0v) is 17.2. The van der Waals surface area contributed by atoms with Crippen LogP contribution < -0.4 is 4.74 Å². The number of Topliss-reactive ketones (excluding diaryl/α,β-unsaturated/α-hetero) is 2. The fourth-order valence-electron chi connectivity index (χ4n) is 2.50. The number of benzene rings is 1. The normalized spacial score (nSPS) is 10.5. The van der Waals surface area contributed by atoms with Gasteiger partial charge in [0.05, 0.1) is 12.7 Å². The number of unbranched alkanes of at least 4 members (excludes halogenated alkanes) is 4. The minimum Gasteiger partial charge on any atom is -0.496 e. The second kappa shape index (κ2) is 12.4. The van der Waals surface area contributed by atoms with Crippen molar-refractivity contribution >= 4 is 17.9 Å². The third-order valence-corrected chi connectivity index (χ3v) is 3.95. The van der Waals surface area contributed by atoms with Gasteiger partial charge >= 0.3 is 0 Å². The molecule has 0 aliphatic heterocycles. The van der Waals surface area contributed by atoms with Crippen molar-refractivity contribution in [1.82, 2.24) is 0 Å². The second-order valence-electron chi connectivity index (χ2n) is 7.32. The summed E-state index contributed by atoms with van der Waals surface area (Å²) in [5.41, 5.74) is 0.598. The molecule has 0 atom stereocenters. The summed E-state index contributed by atoms with van der Waals surface area (Å²) in [6, 6.07) is 5.18. The molecule has 146 valence electrons. The molecule has 4 heteroatoms. The van der Waals surface area contributed by atoms with Gasteiger partial charge < -0.3 is 9.53 Å². The fourth-order valence-corrected chi connectivity index (χ4v) is 2.50. The number of rotatable bonds is 9. The molecule has 1 rings (SSSR count). The van der Waals surface area contributed by atoms with Crippen LogP contribution in [0.5, 0.6) is 5.75 Å². The summed E-state index contributed by atoms with van der Waals surface area (Å²) < 4.78 is 5.29. The number of carbonyl (C=O) groups excluding carboxylic acids is 3. The van der Waals surface area contributed by atoms with Gasteiger partial charge in [-0.15, -0.1) is 0 Å². The Hall–Kier alpha value is -1.97. The zero-order chi connectivity index (χ0) is 20.2. The molecule has 0 aliphatic rings.